The molecule has 1 heterocycles. The van der Waals surface area contributed by atoms with Crippen LogP contribution in [0.1, 0.15) is 49.2 Å². The molecule has 1 aliphatic heterocycles. The van der Waals surface area contributed by atoms with E-state index in [2.05, 4.69) is 0 Å². The maximum absolute atomic E-state index is 11.5. The van der Waals surface area contributed by atoms with E-state index in [4.69, 9.17) is 15.0 Å². The van der Waals surface area contributed by atoms with E-state index in [0.717, 1.165) is 5.47 Å². The van der Waals surface area contributed by atoms with Crippen molar-refractivity contribution in [3.05, 3.63) is 40.4 Å². The number of nitrogens with two attached hydrogens (primary N) is 1. The number of aryl methyl sites for hydroxylation is 1. The number of carbonyl (C=O) groups is 1. The molecule has 1 aromatic rings. The molecule has 124 valence electrons. The second kappa shape index (κ2) is 6.11. The maximum atomic E-state index is 11.5. The Morgan fingerprint density at radius 1 is 1.26 bits per heavy atom. The predicted octanol–water partition coefficient (Wildman–Crippen LogP) is 2.67. The van der Waals surface area contributed by atoms with E-state index in [1.165, 1.54) is 0 Å². The fourth-order valence-corrected chi connectivity index (χ4v) is 2.52. The molecule has 0 radical (unpaired) electrons. The van der Waals surface area contributed by atoms with Gasteiger partial charge in [0.1, 0.15) is 0 Å². The lowest BCUT2D eigenvalue weighted by Gasteiger charge is -2.32. The van der Waals surface area contributed by atoms with Gasteiger partial charge in [0.25, 0.3) is 0 Å². The quantitative estimate of drug-likeness (QED) is 0.834. The molecule has 2 rings (SSSR count). The lowest BCUT2D eigenvalue weighted by molar-refractivity contribution is 0.00578. The first kappa shape index (κ1) is 17.7. The fourth-order valence-electron chi connectivity index (χ4n) is 2.52. The Labute approximate surface area is 137 Å². The van der Waals surface area contributed by atoms with E-state index in [1.807, 2.05) is 33.8 Å². The zero-order valence-corrected chi connectivity index (χ0v) is 14.3. The molecule has 0 unspecified atom stereocenters. The summed E-state index contributed by atoms with van der Waals surface area (Å²) in [5.74, 6) is -0.959. The van der Waals surface area contributed by atoms with Crippen LogP contribution in [0.15, 0.2) is 23.7 Å². The van der Waals surface area contributed by atoms with E-state index >= 15 is 0 Å². The van der Waals surface area contributed by atoms with E-state index in [1.54, 1.807) is 25.1 Å². The molecular formula is C17H24BNO4. The van der Waals surface area contributed by atoms with Crippen molar-refractivity contribution in [3.8, 4) is 0 Å². The van der Waals surface area contributed by atoms with Crippen molar-refractivity contribution < 1.29 is 19.2 Å². The van der Waals surface area contributed by atoms with Gasteiger partial charge in [0, 0.05) is 6.54 Å². The van der Waals surface area contributed by atoms with Crippen molar-refractivity contribution in [1.82, 2.24) is 0 Å². The van der Waals surface area contributed by atoms with Crippen molar-refractivity contribution >= 4 is 19.2 Å². The summed E-state index contributed by atoms with van der Waals surface area (Å²) in [6, 6.07) is 5.36. The topological polar surface area (TPSA) is 81.8 Å². The van der Waals surface area contributed by atoms with Crippen LogP contribution in [-0.2, 0) is 9.31 Å². The number of hydrogen-bond acceptors (Lipinski definition) is 4. The van der Waals surface area contributed by atoms with Crippen LogP contribution in [0.25, 0.3) is 6.08 Å². The van der Waals surface area contributed by atoms with E-state index in [-0.39, 0.29) is 12.1 Å². The van der Waals surface area contributed by atoms with Crippen LogP contribution in [0.5, 0.6) is 0 Å². The molecule has 23 heavy (non-hydrogen) atoms. The van der Waals surface area contributed by atoms with Gasteiger partial charge in [0.05, 0.1) is 16.8 Å². The third kappa shape index (κ3) is 3.34. The molecule has 0 amide bonds. The highest BCUT2D eigenvalue weighted by atomic mass is 16.7. The minimum absolute atomic E-state index is 0.226. The van der Waals surface area contributed by atoms with Crippen molar-refractivity contribution in [3.63, 3.8) is 0 Å². The van der Waals surface area contributed by atoms with Crippen molar-refractivity contribution in [2.24, 2.45) is 5.73 Å². The highest BCUT2D eigenvalue weighted by molar-refractivity contribution is 6.56. The molecule has 0 aliphatic carbocycles. The van der Waals surface area contributed by atoms with Gasteiger partial charge in [-0.3, -0.25) is 0 Å². The van der Waals surface area contributed by atoms with Gasteiger partial charge < -0.3 is 20.1 Å². The summed E-state index contributed by atoms with van der Waals surface area (Å²) in [7, 11) is -0.577. The smallest absolute Gasteiger partial charge is 0.478 e. The Bertz CT molecular complexity index is 636. The summed E-state index contributed by atoms with van der Waals surface area (Å²) in [6.45, 7) is 9.88. The second-order valence-corrected chi connectivity index (χ2v) is 6.86. The molecule has 1 aromatic carbocycles. The third-order valence-corrected chi connectivity index (χ3v) is 4.65. The number of carboxylic acids is 1. The van der Waals surface area contributed by atoms with Gasteiger partial charge in [-0.15, -0.1) is 0 Å². The number of rotatable bonds is 4. The molecule has 3 N–H and O–H groups in total. The molecule has 6 heteroatoms. The van der Waals surface area contributed by atoms with Crippen LogP contribution in [-0.4, -0.2) is 35.9 Å². The van der Waals surface area contributed by atoms with Gasteiger partial charge in [0.2, 0.25) is 0 Å². The third-order valence-electron chi connectivity index (χ3n) is 4.65. The average Bonchev–Trinajstić information content (AvgIpc) is 2.64. The van der Waals surface area contributed by atoms with Crippen LogP contribution in [0, 0.1) is 6.92 Å². The first-order chi connectivity index (χ1) is 10.6. The van der Waals surface area contributed by atoms with Crippen LogP contribution < -0.4 is 5.73 Å². The van der Waals surface area contributed by atoms with Crippen molar-refractivity contribution in [2.45, 2.75) is 45.8 Å². The largest absolute Gasteiger partial charge is 0.491 e. The average molecular weight is 317 g/mol. The van der Waals surface area contributed by atoms with Crippen LogP contribution in [0.2, 0.25) is 0 Å². The van der Waals surface area contributed by atoms with Crippen LogP contribution in [0.3, 0.4) is 0 Å². The van der Waals surface area contributed by atoms with Crippen molar-refractivity contribution in [2.75, 3.05) is 6.54 Å². The van der Waals surface area contributed by atoms with Gasteiger partial charge >= 0.3 is 13.1 Å². The minimum atomic E-state index is -0.959. The summed E-state index contributed by atoms with van der Waals surface area (Å²) in [6.07, 6.45) is 1.76. The molecule has 5 nitrogen and oxygen atoms in total. The Morgan fingerprint density at radius 2 is 1.83 bits per heavy atom. The van der Waals surface area contributed by atoms with Crippen molar-refractivity contribution in [1.29, 1.82) is 0 Å². The fraction of sp³-hybridized carbons (Fsp3) is 0.471. The molecule has 1 saturated heterocycles. The SMILES string of the molecule is Cc1cccc(C=C(CN)B2OC(C)(C)C(C)(C)O2)c1C(=O)O. The molecule has 0 aromatic heterocycles. The van der Waals surface area contributed by atoms with E-state index in [9.17, 15) is 9.90 Å². The molecule has 0 bridgehead atoms. The highest BCUT2D eigenvalue weighted by Crippen LogP contribution is 2.38. The summed E-state index contributed by atoms with van der Waals surface area (Å²) >= 11 is 0. The summed E-state index contributed by atoms with van der Waals surface area (Å²) in [4.78, 5) is 11.5. The van der Waals surface area contributed by atoms with E-state index in [0.29, 0.717) is 11.1 Å². The summed E-state index contributed by atoms with van der Waals surface area (Å²) in [5, 5.41) is 9.44. The first-order valence-electron chi connectivity index (χ1n) is 7.68. The maximum Gasteiger partial charge on any atom is 0.491 e. The lowest BCUT2D eigenvalue weighted by Crippen LogP contribution is -2.41. The van der Waals surface area contributed by atoms with Gasteiger partial charge in [-0.2, -0.15) is 0 Å². The minimum Gasteiger partial charge on any atom is -0.478 e. The highest BCUT2D eigenvalue weighted by Gasteiger charge is 2.52. The van der Waals surface area contributed by atoms with Gasteiger partial charge in [-0.25, -0.2) is 4.79 Å². The first-order valence-corrected chi connectivity index (χ1v) is 7.68. The molecular weight excluding hydrogens is 293 g/mol. The van der Waals surface area contributed by atoms with Crippen LogP contribution in [0.4, 0.5) is 0 Å². The van der Waals surface area contributed by atoms with Gasteiger partial charge in [0.15, 0.2) is 0 Å². The second-order valence-electron chi connectivity index (χ2n) is 6.86. The predicted molar refractivity (Wildman–Crippen MR) is 91.3 cm³/mol. The van der Waals surface area contributed by atoms with E-state index < -0.39 is 24.3 Å². The lowest BCUT2D eigenvalue weighted by atomic mass is 9.76. The number of carboxylic acid groups (broad SMARTS) is 1. The summed E-state index contributed by atoms with van der Waals surface area (Å²) in [5.41, 5.74) is 7.24. The number of aromatic carboxylic acids is 1. The van der Waals surface area contributed by atoms with Crippen LogP contribution >= 0.6 is 0 Å². The van der Waals surface area contributed by atoms with Gasteiger partial charge in [-0.1, -0.05) is 24.3 Å². The standard InChI is InChI=1S/C17H24BNO4/c1-11-7-6-8-12(14(11)15(20)21)9-13(10-19)18-22-16(2,3)17(4,5)23-18/h6-9H,10,19H2,1-5H3,(H,20,21). The Kier molecular flexibility index (Phi) is 4.71. The Hall–Kier alpha value is -1.63. The Morgan fingerprint density at radius 3 is 2.30 bits per heavy atom. The molecule has 0 saturated carbocycles. The molecule has 0 atom stereocenters. The zero-order chi connectivity index (χ0) is 17.4. The monoisotopic (exact) mass is 317 g/mol. The summed E-state index contributed by atoms with van der Waals surface area (Å²) < 4.78 is 12.0. The normalized spacial score (nSPS) is 19.9. The molecule has 1 aliphatic rings. The zero-order valence-electron chi connectivity index (χ0n) is 14.3. The Balaban J connectivity index is 2.42. The number of benzene rings is 1. The molecule has 1 fully saturated rings. The van der Waals surface area contributed by atoms with Gasteiger partial charge in [-0.05, 0) is 51.2 Å². The number of hydrogen-bond donors (Lipinski definition) is 2. The molecule has 0 spiro atoms.